The second kappa shape index (κ2) is 5.59. The summed E-state index contributed by atoms with van der Waals surface area (Å²) in [5.74, 6) is -12.6. The van der Waals surface area contributed by atoms with Crippen LogP contribution in [0.4, 0.5) is 30.7 Å². The standard InChI is InChI=1S/C5H5F7O3S.K/c1-2(6)3(7,8)4(9,10)5(11,12)16(13,14)15;/h2H,1H3,(H,13,14,15);/q;+1/p-1. The zero-order valence-corrected chi connectivity index (χ0v) is 12.3. The zero-order valence-electron chi connectivity index (χ0n) is 8.36. The fourth-order valence-electron chi connectivity index (χ4n) is 0.601. The van der Waals surface area contributed by atoms with Crippen molar-refractivity contribution in [1.29, 1.82) is 0 Å². The third-order valence-electron chi connectivity index (χ3n) is 1.60. The van der Waals surface area contributed by atoms with Crippen LogP contribution in [0.15, 0.2) is 0 Å². The molecule has 0 aromatic rings. The van der Waals surface area contributed by atoms with Crippen molar-refractivity contribution >= 4 is 10.1 Å². The van der Waals surface area contributed by atoms with Crippen LogP contribution in [-0.2, 0) is 10.1 Å². The summed E-state index contributed by atoms with van der Waals surface area (Å²) >= 11 is 0. The Morgan fingerprint density at radius 1 is 1.06 bits per heavy atom. The molecule has 1 unspecified atom stereocenters. The van der Waals surface area contributed by atoms with E-state index in [2.05, 4.69) is 0 Å². The molecular weight excluding hydrogens is 312 g/mol. The second-order valence-electron chi connectivity index (χ2n) is 2.78. The Bertz CT molecular complexity index is 366. The summed E-state index contributed by atoms with van der Waals surface area (Å²) in [5, 5.41) is -6.61. The third-order valence-corrected chi connectivity index (χ3v) is 2.48. The molecule has 0 saturated heterocycles. The van der Waals surface area contributed by atoms with Crippen molar-refractivity contribution in [2.45, 2.75) is 30.2 Å². The molecule has 0 bridgehead atoms. The summed E-state index contributed by atoms with van der Waals surface area (Å²) in [6.07, 6.45) is -3.77. The Kier molecular flexibility index (Phi) is 6.70. The van der Waals surface area contributed by atoms with Gasteiger partial charge in [-0.1, -0.05) is 0 Å². The van der Waals surface area contributed by atoms with E-state index in [1.807, 2.05) is 0 Å². The van der Waals surface area contributed by atoms with Gasteiger partial charge in [0.15, 0.2) is 16.3 Å². The van der Waals surface area contributed by atoms with Crippen LogP contribution in [-0.4, -0.2) is 36.2 Å². The van der Waals surface area contributed by atoms with Crippen LogP contribution in [0.2, 0.25) is 0 Å². The smallest absolute Gasteiger partial charge is 0.743 e. The van der Waals surface area contributed by atoms with E-state index in [9.17, 15) is 43.7 Å². The van der Waals surface area contributed by atoms with Gasteiger partial charge in [0.05, 0.1) is 0 Å². The Labute approximate surface area is 134 Å². The molecule has 0 aliphatic heterocycles. The molecule has 0 rings (SSSR count). The molecule has 0 saturated carbocycles. The molecule has 0 radical (unpaired) electrons. The second-order valence-corrected chi connectivity index (χ2v) is 4.21. The maximum atomic E-state index is 12.4. The van der Waals surface area contributed by atoms with Gasteiger partial charge in [0.1, 0.15) is 0 Å². The summed E-state index contributed by atoms with van der Waals surface area (Å²) in [6, 6.07) is 0. The van der Waals surface area contributed by atoms with Gasteiger partial charge in [-0.25, -0.2) is 12.8 Å². The molecule has 0 N–H and O–H groups in total. The van der Waals surface area contributed by atoms with Gasteiger partial charge in [-0.05, 0) is 6.92 Å². The Balaban J connectivity index is 0. The quantitative estimate of drug-likeness (QED) is 0.370. The minimum atomic E-state index is -7.06. The fraction of sp³-hybridized carbons (Fsp3) is 1.00. The van der Waals surface area contributed by atoms with Gasteiger partial charge in [-0.2, -0.15) is 26.3 Å². The van der Waals surface area contributed by atoms with Gasteiger partial charge in [0.2, 0.25) is 0 Å². The van der Waals surface area contributed by atoms with Crippen molar-refractivity contribution in [2.24, 2.45) is 0 Å². The first-order chi connectivity index (χ1) is 6.69. The topological polar surface area (TPSA) is 57.2 Å². The van der Waals surface area contributed by atoms with E-state index in [-0.39, 0.29) is 58.3 Å². The van der Waals surface area contributed by atoms with Crippen LogP contribution in [0.3, 0.4) is 0 Å². The summed E-state index contributed by atoms with van der Waals surface area (Å²) in [7, 11) is -7.06. The number of hydrogen-bond acceptors (Lipinski definition) is 3. The predicted molar refractivity (Wildman–Crippen MR) is 35.1 cm³/mol. The average molecular weight is 316 g/mol. The Hall–Kier alpha value is 1.06. The van der Waals surface area contributed by atoms with Crippen molar-refractivity contribution in [2.75, 3.05) is 0 Å². The van der Waals surface area contributed by atoms with E-state index < -0.39 is 33.4 Å². The van der Waals surface area contributed by atoms with Crippen LogP contribution in [0.25, 0.3) is 0 Å². The van der Waals surface area contributed by atoms with Gasteiger partial charge in [-0.3, -0.25) is 0 Å². The first-order valence-corrected chi connectivity index (χ1v) is 4.83. The molecule has 0 amide bonds. The van der Waals surface area contributed by atoms with Gasteiger partial charge in [0, 0.05) is 0 Å². The van der Waals surface area contributed by atoms with Crippen LogP contribution in [0.1, 0.15) is 6.92 Å². The first kappa shape index (κ1) is 20.4. The largest absolute Gasteiger partial charge is 1.00 e. The Morgan fingerprint density at radius 2 is 1.35 bits per heavy atom. The van der Waals surface area contributed by atoms with Crippen LogP contribution in [0, 0.1) is 0 Å². The number of halogens is 7. The molecule has 17 heavy (non-hydrogen) atoms. The molecule has 12 heteroatoms. The van der Waals surface area contributed by atoms with E-state index >= 15 is 0 Å². The summed E-state index contributed by atoms with van der Waals surface area (Å²) in [6.45, 7) is -0.179. The van der Waals surface area contributed by atoms with E-state index in [0.29, 0.717) is 0 Å². The van der Waals surface area contributed by atoms with Gasteiger partial charge < -0.3 is 4.55 Å². The predicted octanol–water partition coefficient (Wildman–Crippen LogP) is -1.24. The van der Waals surface area contributed by atoms with E-state index in [1.165, 1.54) is 0 Å². The molecule has 0 aliphatic carbocycles. The van der Waals surface area contributed by atoms with E-state index in [1.54, 1.807) is 0 Å². The molecule has 3 nitrogen and oxygen atoms in total. The molecule has 0 fully saturated rings. The number of hydrogen-bond donors (Lipinski definition) is 0. The van der Waals surface area contributed by atoms with Gasteiger partial charge >= 0.3 is 68.5 Å². The summed E-state index contributed by atoms with van der Waals surface area (Å²) in [5.41, 5.74) is 0. The first-order valence-electron chi connectivity index (χ1n) is 3.42. The molecule has 0 aromatic heterocycles. The summed E-state index contributed by atoms with van der Waals surface area (Å²) < 4.78 is 115. The number of rotatable bonds is 4. The Morgan fingerprint density at radius 3 is 1.53 bits per heavy atom. The monoisotopic (exact) mass is 316 g/mol. The third kappa shape index (κ3) is 3.33. The fourth-order valence-corrected chi connectivity index (χ4v) is 1.05. The molecule has 0 aromatic carbocycles. The van der Waals surface area contributed by atoms with Crippen LogP contribution in [0.5, 0.6) is 0 Å². The van der Waals surface area contributed by atoms with Gasteiger partial charge in [-0.15, -0.1) is 0 Å². The van der Waals surface area contributed by atoms with Gasteiger partial charge in [0.25, 0.3) is 0 Å². The molecule has 0 heterocycles. The average Bonchev–Trinajstić information content (AvgIpc) is 2.00. The maximum absolute atomic E-state index is 12.4. The van der Waals surface area contributed by atoms with E-state index in [4.69, 9.17) is 0 Å². The van der Waals surface area contributed by atoms with Crippen molar-refractivity contribution in [3.05, 3.63) is 0 Å². The minimum absolute atomic E-state index is 0. The minimum Gasteiger partial charge on any atom is -0.743 e. The van der Waals surface area contributed by atoms with Crippen molar-refractivity contribution in [1.82, 2.24) is 0 Å². The number of alkyl halides is 7. The molecule has 98 valence electrons. The van der Waals surface area contributed by atoms with Crippen molar-refractivity contribution < 1.29 is 95.1 Å². The normalized spacial score (nSPS) is 16.3. The van der Waals surface area contributed by atoms with Crippen molar-refractivity contribution in [3.63, 3.8) is 0 Å². The zero-order chi connectivity index (χ0) is 13.6. The van der Waals surface area contributed by atoms with E-state index in [0.717, 1.165) is 0 Å². The molecule has 0 aliphatic rings. The SMILES string of the molecule is CC(F)C(F)(F)C(F)(F)C(F)(F)S(=O)(=O)[O-].[K+]. The van der Waals surface area contributed by atoms with Crippen LogP contribution >= 0.6 is 0 Å². The molecule has 1 atom stereocenters. The molecule has 0 spiro atoms. The molecular formula is C5H4F7KO3S. The van der Waals surface area contributed by atoms with Crippen LogP contribution < -0.4 is 51.4 Å². The maximum Gasteiger partial charge on any atom is 1.00 e. The summed E-state index contributed by atoms with van der Waals surface area (Å²) in [4.78, 5) is 0. The van der Waals surface area contributed by atoms with Crippen molar-refractivity contribution in [3.8, 4) is 0 Å².